The van der Waals surface area contributed by atoms with E-state index in [1.165, 1.54) is 38.0 Å². The molecule has 0 aliphatic carbocycles. The highest BCUT2D eigenvalue weighted by atomic mass is 35.5. The standard InChI is InChI=1S/C17H27ClN2/c1-13(2)12-20-10-8-17(9-11-20)19-14(3)15-4-6-16(18)7-5-15/h4-7,13-14,17,19H,8-12H2,1-3H3. The lowest BCUT2D eigenvalue weighted by atomic mass is 10.0. The summed E-state index contributed by atoms with van der Waals surface area (Å²) in [6, 6.07) is 9.22. The monoisotopic (exact) mass is 294 g/mol. The minimum Gasteiger partial charge on any atom is -0.307 e. The molecule has 1 aliphatic heterocycles. The summed E-state index contributed by atoms with van der Waals surface area (Å²) >= 11 is 5.94. The summed E-state index contributed by atoms with van der Waals surface area (Å²) in [6.07, 6.45) is 2.51. The summed E-state index contributed by atoms with van der Waals surface area (Å²) in [5.41, 5.74) is 1.32. The van der Waals surface area contributed by atoms with Gasteiger partial charge < -0.3 is 10.2 Å². The summed E-state index contributed by atoms with van der Waals surface area (Å²) in [4.78, 5) is 2.59. The highest BCUT2D eigenvalue weighted by Gasteiger charge is 2.21. The quantitative estimate of drug-likeness (QED) is 0.879. The molecule has 1 saturated heterocycles. The van der Waals surface area contributed by atoms with Crippen molar-refractivity contribution in [2.45, 2.75) is 45.7 Å². The van der Waals surface area contributed by atoms with E-state index < -0.39 is 0 Å². The molecule has 1 aromatic rings. The van der Waals surface area contributed by atoms with Gasteiger partial charge >= 0.3 is 0 Å². The number of halogens is 1. The van der Waals surface area contributed by atoms with Crippen LogP contribution in [0.4, 0.5) is 0 Å². The number of nitrogens with zero attached hydrogens (tertiary/aromatic N) is 1. The molecule has 0 aromatic heterocycles. The Morgan fingerprint density at radius 3 is 2.30 bits per heavy atom. The van der Waals surface area contributed by atoms with Crippen molar-refractivity contribution in [3.8, 4) is 0 Å². The maximum atomic E-state index is 5.94. The van der Waals surface area contributed by atoms with Crippen molar-refractivity contribution in [2.75, 3.05) is 19.6 Å². The number of hydrogen-bond donors (Lipinski definition) is 1. The van der Waals surface area contributed by atoms with E-state index in [0.717, 1.165) is 10.9 Å². The molecule has 3 heteroatoms. The third-order valence-corrected chi connectivity index (χ3v) is 4.32. The van der Waals surface area contributed by atoms with Gasteiger partial charge in [-0.1, -0.05) is 37.6 Å². The van der Waals surface area contributed by atoms with Crippen molar-refractivity contribution >= 4 is 11.6 Å². The molecule has 20 heavy (non-hydrogen) atoms. The highest BCUT2D eigenvalue weighted by Crippen LogP contribution is 2.19. The van der Waals surface area contributed by atoms with Gasteiger partial charge in [0.05, 0.1) is 0 Å². The SMILES string of the molecule is CC(C)CN1CCC(NC(C)c2ccc(Cl)cc2)CC1. The van der Waals surface area contributed by atoms with Crippen LogP contribution in [0.5, 0.6) is 0 Å². The van der Waals surface area contributed by atoms with Crippen LogP contribution in [0.25, 0.3) is 0 Å². The Morgan fingerprint density at radius 2 is 1.75 bits per heavy atom. The summed E-state index contributed by atoms with van der Waals surface area (Å²) < 4.78 is 0. The van der Waals surface area contributed by atoms with Gasteiger partial charge in [0.25, 0.3) is 0 Å². The zero-order chi connectivity index (χ0) is 14.5. The fraction of sp³-hybridized carbons (Fsp3) is 0.647. The van der Waals surface area contributed by atoms with Crippen molar-refractivity contribution in [1.82, 2.24) is 10.2 Å². The smallest absolute Gasteiger partial charge is 0.0406 e. The predicted octanol–water partition coefficient (Wildman–Crippen LogP) is 4.11. The molecule has 112 valence electrons. The number of piperidine rings is 1. The van der Waals surface area contributed by atoms with E-state index in [1.54, 1.807) is 0 Å². The Bertz CT molecular complexity index is 394. The molecular formula is C17H27ClN2. The largest absolute Gasteiger partial charge is 0.307 e. The maximum Gasteiger partial charge on any atom is 0.0406 e. The van der Waals surface area contributed by atoms with Crippen LogP contribution in [-0.2, 0) is 0 Å². The van der Waals surface area contributed by atoms with Crippen LogP contribution >= 0.6 is 11.6 Å². The molecule has 1 aromatic carbocycles. The fourth-order valence-electron chi connectivity index (χ4n) is 3.00. The minimum absolute atomic E-state index is 0.397. The first-order valence-electron chi connectivity index (χ1n) is 7.78. The molecule has 2 nitrogen and oxygen atoms in total. The minimum atomic E-state index is 0.397. The number of rotatable bonds is 5. The second-order valence-corrected chi connectivity index (χ2v) is 6.85. The van der Waals surface area contributed by atoms with Gasteiger partial charge in [0.2, 0.25) is 0 Å². The molecule has 1 aliphatic rings. The van der Waals surface area contributed by atoms with Gasteiger partial charge in [0.15, 0.2) is 0 Å². The van der Waals surface area contributed by atoms with E-state index in [9.17, 15) is 0 Å². The first kappa shape index (κ1) is 15.8. The Kier molecular flexibility index (Phi) is 5.88. The van der Waals surface area contributed by atoms with Gasteiger partial charge in [0, 0.05) is 23.7 Å². The molecule has 1 heterocycles. The first-order chi connectivity index (χ1) is 9.54. The topological polar surface area (TPSA) is 15.3 Å². The third-order valence-electron chi connectivity index (χ3n) is 4.07. The van der Waals surface area contributed by atoms with Crippen LogP contribution in [0.1, 0.15) is 45.2 Å². The fourth-order valence-corrected chi connectivity index (χ4v) is 3.13. The second kappa shape index (κ2) is 7.44. The van der Waals surface area contributed by atoms with Crippen LogP contribution in [0.3, 0.4) is 0 Å². The van der Waals surface area contributed by atoms with Crippen molar-refractivity contribution in [1.29, 1.82) is 0 Å². The number of likely N-dealkylation sites (tertiary alicyclic amines) is 1. The molecule has 1 fully saturated rings. The lowest BCUT2D eigenvalue weighted by Crippen LogP contribution is -2.44. The van der Waals surface area contributed by atoms with Crippen molar-refractivity contribution < 1.29 is 0 Å². The number of nitrogens with one attached hydrogen (secondary N) is 1. The lowest BCUT2D eigenvalue weighted by molar-refractivity contribution is 0.175. The Balaban J connectivity index is 1.79. The van der Waals surface area contributed by atoms with Gasteiger partial charge in [-0.05, 0) is 56.5 Å². The van der Waals surface area contributed by atoms with Gasteiger partial charge in [-0.3, -0.25) is 0 Å². The van der Waals surface area contributed by atoms with Crippen molar-refractivity contribution in [2.24, 2.45) is 5.92 Å². The molecule has 0 spiro atoms. The van der Waals surface area contributed by atoms with Crippen molar-refractivity contribution in [3.63, 3.8) is 0 Å². The van der Waals surface area contributed by atoms with Gasteiger partial charge in [-0.2, -0.15) is 0 Å². The first-order valence-corrected chi connectivity index (χ1v) is 8.16. The van der Waals surface area contributed by atoms with Crippen molar-refractivity contribution in [3.05, 3.63) is 34.9 Å². The number of benzene rings is 1. The third kappa shape index (κ3) is 4.76. The van der Waals surface area contributed by atoms with E-state index in [2.05, 4.69) is 43.1 Å². The molecule has 0 saturated carbocycles. The normalized spacial score (nSPS) is 19.4. The van der Waals surface area contributed by atoms with Gasteiger partial charge in [0.1, 0.15) is 0 Å². The van der Waals surface area contributed by atoms with E-state index in [0.29, 0.717) is 12.1 Å². The number of hydrogen-bond acceptors (Lipinski definition) is 2. The van der Waals surface area contributed by atoms with Crippen LogP contribution < -0.4 is 5.32 Å². The molecule has 0 amide bonds. The van der Waals surface area contributed by atoms with Gasteiger partial charge in [-0.15, -0.1) is 0 Å². The summed E-state index contributed by atoms with van der Waals surface area (Å²) in [6.45, 7) is 10.5. The van der Waals surface area contributed by atoms with Crippen LogP contribution in [0, 0.1) is 5.92 Å². The summed E-state index contributed by atoms with van der Waals surface area (Å²) in [5, 5.41) is 4.57. The molecule has 0 radical (unpaired) electrons. The average Bonchev–Trinajstić information content (AvgIpc) is 2.41. The van der Waals surface area contributed by atoms with E-state index in [1.807, 2.05) is 12.1 Å². The summed E-state index contributed by atoms with van der Waals surface area (Å²) in [7, 11) is 0. The maximum absolute atomic E-state index is 5.94. The molecule has 1 unspecified atom stereocenters. The average molecular weight is 295 g/mol. The Labute approximate surface area is 128 Å². The zero-order valence-electron chi connectivity index (χ0n) is 12.9. The molecule has 2 rings (SSSR count). The van der Waals surface area contributed by atoms with E-state index >= 15 is 0 Å². The van der Waals surface area contributed by atoms with Gasteiger partial charge in [-0.25, -0.2) is 0 Å². The Hall–Kier alpha value is -0.570. The molecule has 1 atom stereocenters. The molecule has 1 N–H and O–H groups in total. The van der Waals surface area contributed by atoms with Crippen LogP contribution in [0.15, 0.2) is 24.3 Å². The predicted molar refractivity (Wildman–Crippen MR) is 87.3 cm³/mol. The molecular weight excluding hydrogens is 268 g/mol. The zero-order valence-corrected chi connectivity index (χ0v) is 13.7. The molecule has 0 bridgehead atoms. The van der Waals surface area contributed by atoms with E-state index in [4.69, 9.17) is 11.6 Å². The lowest BCUT2D eigenvalue weighted by Gasteiger charge is -2.34. The highest BCUT2D eigenvalue weighted by molar-refractivity contribution is 6.30. The summed E-state index contributed by atoms with van der Waals surface area (Å²) in [5.74, 6) is 0.771. The Morgan fingerprint density at radius 1 is 1.15 bits per heavy atom. The van der Waals surface area contributed by atoms with Crippen LogP contribution in [0.2, 0.25) is 5.02 Å². The van der Waals surface area contributed by atoms with E-state index in [-0.39, 0.29) is 0 Å². The second-order valence-electron chi connectivity index (χ2n) is 6.41. The van der Waals surface area contributed by atoms with Crippen LogP contribution in [-0.4, -0.2) is 30.6 Å².